The smallest absolute Gasteiger partial charge is 0.364 e. The number of nitrogens with one attached hydrogen (secondary N) is 1. The number of aliphatic hydroxyl groups excluding tert-OH is 2. The summed E-state index contributed by atoms with van der Waals surface area (Å²) in [7, 11) is 0. The van der Waals surface area contributed by atoms with Crippen molar-refractivity contribution in [3.8, 4) is 0 Å². The number of amides is 1. The molecule has 0 spiro atoms. The van der Waals surface area contributed by atoms with Crippen LogP contribution in [0.15, 0.2) is 0 Å². The molecule has 0 aromatic rings. The van der Waals surface area contributed by atoms with Crippen LogP contribution in [0.1, 0.15) is 13.8 Å². The van der Waals surface area contributed by atoms with Gasteiger partial charge < -0.3 is 34.8 Å². The van der Waals surface area contributed by atoms with Crippen LogP contribution < -0.4 is 5.32 Å². The Labute approximate surface area is 114 Å². The Balaban J connectivity index is 2.17. The molecule has 0 radical (unpaired) electrons. The lowest BCUT2D eigenvalue weighted by molar-refractivity contribution is -0.360. The van der Waals surface area contributed by atoms with Crippen molar-refractivity contribution in [1.82, 2.24) is 5.32 Å². The van der Waals surface area contributed by atoms with Gasteiger partial charge in [-0.1, -0.05) is 0 Å². The first kappa shape index (κ1) is 15.1. The van der Waals surface area contributed by atoms with Crippen molar-refractivity contribution >= 4 is 11.9 Å². The predicted molar refractivity (Wildman–Crippen MR) is 61.4 cm³/mol. The van der Waals surface area contributed by atoms with Crippen LogP contribution in [0.4, 0.5) is 0 Å². The molecule has 2 saturated heterocycles. The molecule has 2 aliphatic heterocycles. The normalized spacial score (nSPS) is 44.5. The highest BCUT2D eigenvalue weighted by Gasteiger charge is 2.54. The first-order chi connectivity index (χ1) is 9.24. The van der Waals surface area contributed by atoms with Gasteiger partial charge in [0.1, 0.15) is 24.4 Å². The number of carbonyl (C=O) groups is 2. The second-order valence-electron chi connectivity index (χ2n) is 4.93. The zero-order valence-electron chi connectivity index (χ0n) is 11.0. The van der Waals surface area contributed by atoms with E-state index in [4.69, 9.17) is 19.3 Å². The van der Waals surface area contributed by atoms with E-state index in [1.54, 1.807) is 0 Å². The maximum absolute atomic E-state index is 11.1. The summed E-state index contributed by atoms with van der Waals surface area (Å²) in [5.74, 6) is -3.72. The molecule has 6 atom stereocenters. The third kappa shape index (κ3) is 2.63. The van der Waals surface area contributed by atoms with Crippen molar-refractivity contribution in [1.29, 1.82) is 0 Å². The summed E-state index contributed by atoms with van der Waals surface area (Å²) in [4.78, 5) is 22.1. The molecule has 0 unspecified atom stereocenters. The largest absolute Gasteiger partial charge is 0.477 e. The third-order valence-electron chi connectivity index (χ3n) is 3.33. The van der Waals surface area contributed by atoms with E-state index in [-0.39, 0.29) is 6.61 Å². The number of hydrogen-bond acceptors (Lipinski definition) is 7. The Hall–Kier alpha value is -1.26. The SMILES string of the molecule is CC(=O)N[C@H]1[C@@H](O)[C@@H]2O[C@](C)(C(=O)O)OC[C@H]2O[C@H]1O. The lowest BCUT2D eigenvalue weighted by Crippen LogP contribution is -2.69. The lowest BCUT2D eigenvalue weighted by Gasteiger charge is -2.48. The molecule has 2 aliphatic rings. The number of hydrogen-bond donors (Lipinski definition) is 4. The Morgan fingerprint density at radius 1 is 1.35 bits per heavy atom. The van der Waals surface area contributed by atoms with Crippen LogP contribution in [0, 0.1) is 0 Å². The topological polar surface area (TPSA) is 135 Å². The Kier molecular flexibility index (Phi) is 3.98. The van der Waals surface area contributed by atoms with E-state index in [1.165, 1.54) is 13.8 Å². The number of carboxylic acid groups (broad SMARTS) is 1. The van der Waals surface area contributed by atoms with Gasteiger partial charge in [-0.2, -0.15) is 0 Å². The van der Waals surface area contributed by atoms with E-state index in [1.807, 2.05) is 0 Å². The summed E-state index contributed by atoms with van der Waals surface area (Å²) in [6.07, 6.45) is -4.62. The van der Waals surface area contributed by atoms with Gasteiger partial charge in [0.15, 0.2) is 6.29 Å². The molecule has 2 fully saturated rings. The van der Waals surface area contributed by atoms with Crippen LogP contribution >= 0.6 is 0 Å². The first-order valence-electron chi connectivity index (χ1n) is 6.08. The number of carbonyl (C=O) groups excluding carboxylic acids is 1. The van der Waals surface area contributed by atoms with Crippen LogP contribution in [0.3, 0.4) is 0 Å². The molecule has 1 amide bonds. The van der Waals surface area contributed by atoms with Crippen LogP contribution in [0.25, 0.3) is 0 Å². The average Bonchev–Trinajstić information content (AvgIpc) is 2.35. The van der Waals surface area contributed by atoms with Gasteiger partial charge in [-0.15, -0.1) is 0 Å². The Morgan fingerprint density at radius 2 is 2.00 bits per heavy atom. The highest BCUT2D eigenvalue weighted by Crippen LogP contribution is 2.32. The van der Waals surface area contributed by atoms with Gasteiger partial charge in [0, 0.05) is 13.8 Å². The molecular weight excluding hydrogens is 274 g/mol. The average molecular weight is 291 g/mol. The van der Waals surface area contributed by atoms with Gasteiger partial charge in [0.05, 0.1) is 6.61 Å². The molecule has 20 heavy (non-hydrogen) atoms. The minimum atomic E-state index is -1.91. The Morgan fingerprint density at radius 3 is 2.55 bits per heavy atom. The highest BCUT2D eigenvalue weighted by molar-refractivity contribution is 5.75. The molecule has 2 heterocycles. The number of aliphatic carboxylic acids is 1. The summed E-state index contributed by atoms with van der Waals surface area (Å²) in [6, 6.07) is -1.11. The minimum Gasteiger partial charge on any atom is -0.477 e. The number of aliphatic hydroxyl groups is 2. The number of rotatable bonds is 2. The van der Waals surface area contributed by atoms with Gasteiger partial charge >= 0.3 is 5.97 Å². The van der Waals surface area contributed by atoms with Crippen molar-refractivity contribution in [2.45, 2.75) is 50.3 Å². The molecule has 0 aromatic carbocycles. The number of fused-ring (bicyclic) bond motifs is 1. The molecule has 114 valence electrons. The van der Waals surface area contributed by atoms with Gasteiger partial charge in [0.25, 0.3) is 5.79 Å². The van der Waals surface area contributed by atoms with Crippen LogP contribution in [-0.2, 0) is 23.8 Å². The fraction of sp³-hybridized carbons (Fsp3) is 0.818. The van der Waals surface area contributed by atoms with Gasteiger partial charge in [-0.25, -0.2) is 4.79 Å². The summed E-state index contributed by atoms with van der Waals surface area (Å²) in [6.45, 7) is 2.27. The summed E-state index contributed by atoms with van der Waals surface area (Å²) in [5, 5.41) is 31.3. The molecule has 0 saturated carbocycles. The molecule has 9 heteroatoms. The maximum atomic E-state index is 11.1. The molecule has 9 nitrogen and oxygen atoms in total. The standard InChI is InChI=1S/C11H17NO8/c1-4(13)12-6-7(14)8-5(19-9(6)15)3-18-11(2,20-8)10(16)17/h5-9,14-15H,3H2,1-2H3,(H,12,13)(H,16,17)/t5-,6+,7-,8-,9-,11-/m1/s1. The number of ether oxygens (including phenoxy) is 3. The molecular formula is C11H17NO8. The van der Waals surface area contributed by atoms with Crippen molar-refractivity contribution in [2.75, 3.05) is 6.61 Å². The molecule has 0 aliphatic carbocycles. The summed E-state index contributed by atoms with van der Waals surface area (Å²) < 4.78 is 15.5. The highest BCUT2D eigenvalue weighted by atomic mass is 16.8. The van der Waals surface area contributed by atoms with Crippen molar-refractivity contribution < 1.29 is 39.1 Å². The van der Waals surface area contributed by atoms with Gasteiger partial charge in [-0.05, 0) is 0 Å². The van der Waals surface area contributed by atoms with Crippen LogP contribution in [-0.4, -0.2) is 70.2 Å². The van der Waals surface area contributed by atoms with Crippen molar-refractivity contribution in [3.05, 3.63) is 0 Å². The zero-order chi connectivity index (χ0) is 15.1. The van der Waals surface area contributed by atoms with Crippen molar-refractivity contribution in [2.24, 2.45) is 0 Å². The Bertz CT molecular complexity index is 415. The van der Waals surface area contributed by atoms with Gasteiger partial charge in [0.2, 0.25) is 5.91 Å². The minimum absolute atomic E-state index is 0.158. The maximum Gasteiger partial charge on any atom is 0.364 e. The van der Waals surface area contributed by atoms with E-state index >= 15 is 0 Å². The molecule has 0 bridgehead atoms. The van der Waals surface area contributed by atoms with Crippen LogP contribution in [0.2, 0.25) is 0 Å². The van der Waals surface area contributed by atoms with E-state index in [0.717, 1.165) is 0 Å². The lowest BCUT2D eigenvalue weighted by atomic mass is 9.95. The number of carboxylic acids is 1. The fourth-order valence-corrected chi connectivity index (χ4v) is 2.25. The second-order valence-corrected chi connectivity index (χ2v) is 4.93. The third-order valence-corrected chi connectivity index (χ3v) is 3.33. The second kappa shape index (κ2) is 5.26. The predicted octanol–water partition coefficient (Wildman–Crippen LogP) is -2.21. The van der Waals surface area contributed by atoms with Crippen LogP contribution in [0.5, 0.6) is 0 Å². The van der Waals surface area contributed by atoms with E-state index in [0.29, 0.717) is 0 Å². The van der Waals surface area contributed by atoms with Gasteiger partial charge in [-0.3, -0.25) is 4.79 Å². The van der Waals surface area contributed by atoms with Crippen molar-refractivity contribution in [3.63, 3.8) is 0 Å². The molecule has 2 rings (SSSR count). The fourth-order valence-electron chi connectivity index (χ4n) is 2.25. The first-order valence-corrected chi connectivity index (χ1v) is 6.08. The van der Waals surface area contributed by atoms with E-state index in [9.17, 15) is 19.8 Å². The molecule has 0 aromatic heterocycles. The zero-order valence-corrected chi connectivity index (χ0v) is 11.0. The van der Waals surface area contributed by atoms with E-state index in [2.05, 4.69) is 5.32 Å². The summed E-state index contributed by atoms with van der Waals surface area (Å²) >= 11 is 0. The van der Waals surface area contributed by atoms with E-state index < -0.39 is 48.3 Å². The monoisotopic (exact) mass is 291 g/mol. The summed E-state index contributed by atoms with van der Waals surface area (Å²) in [5.41, 5.74) is 0. The quantitative estimate of drug-likeness (QED) is 0.449. The molecule has 4 N–H and O–H groups in total.